The van der Waals surface area contributed by atoms with Gasteiger partial charge in [0, 0.05) is 0 Å². The van der Waals surface area contributed by atoms with Crippen LogP contribution in [0.4, 0.5) is 26.3 Å². The highest BCUT2D eigenvalue weighted by Crippen LogP contribution is 2.44. The summed E-state index contributed by atoms with van der Waals surface area (Å²) < 4.78 is 80.4. The fourth-order valence-corrected chi connectivity index (χ4v) is 2.50. The van der Waals surface area contributed by atoms with E-state index >= 15 is 0 Å². The van der Waals surface area contributed by atoms with Crippen LogP contribution in [0.15, 0.2) is 0 Å². The minimum absolute atomic E-state index is 0.290. The minimum Gasteiger partial charge on any atom is -0.393 e. The first-order valence-corrected chi connectivity index (χ1v) is 6.88. The molecule has 1 saturated carbocycles. The highest BCUT2D eigenvalue weighted by atomic mass is 19.4. The molecule has 0 aromatic rings. The van der Waals surface area contributed by atoms with Crippen molar-refractivity contribution in [2.75, 3.05) is 6.61 Å². The quantitative estimate of drug-likeness (QED) is 0.774. The fourth-order valence-electron chi connectivity index (χ4n) is 2.50. The molecule has 0 aromatic carbocycles. The van der Waals surface area contributed by atoms with E-state index in [0.717, 1.165) is 0 Å². The Morgan fingerprint density at radius 2 is 1.32 bits per heavy atom. The van der Waals surface area contributed by atoms with Gasteiger partial charge in [-0.05, 0) is 45.4 Å². The zero-order valence-electron chi connectivity index (χ0n) is 12.3. The standard InChI is InChI=1S/C13H20F6O3/c1-10(2,8-3-5-9(20)6-4-8)22-7-11(21,12(14,15)16)13(17,18)19/h8-9,20-21H,3-7H2,1-2H3. The summed E-state index contributed by atoms with van der Waals surface area (Å²) in [6.45, 7) is 0.872. The third kappa shape index (κ3) is 4.05. The second kappa shape index (κ2) is 6.16. The predicted octanol–water partition coefficient (Wildman–Crippen LogP) is 3.19. The Bertz CT molecular complexity index is 355. The van der Waals surface area contributed by atoms with Gasteiger partial charge in [0.15, 0.2) is 0 Å². The van der Waals surface area contributed by atoms with Crippen LogP contribution in [0.5, 0.6) is 0 Å². The first-order chi connectivity index (χ1) is 9.71. The first-order valence-electron chi connectivity index (χ1n) is 6.88. The van der Waals surface area contributed by atoms with Gasteiger partial charge in [0.2, 0.25) is 0 Å². The molecule has 9 heteroatoms. The van der Waals surface area contributed by atoms with Gasteiger partial charge in [0.25, 0.3) is 5.60 Å². The van der Waals surface area contributed by atoms with E-state index in [9.17, 15) is 31.4 Å². The molecular weight excluding hydrogens is 318 g/mol. The van der Waals surface area contributed by atoms with Gasteiger partial charge in [-0.25, -0.2) is 0 Å². The Kier molecular flexibility index (Phi) is 5.46. The van der Waals surface area contributed by atoms with E-state index in [1.165, 1.54) is 13.8 Å². The summed E-state index contributed by atoms with van der Waals surface area (Å²) in [6.07, 6.45) is -10.6. The SMILES string of the molecule is CC(C)(OCC(O)(C(F)(F)F)C(F)(F)F)C1CCC(O)CC1. The molecule has 3 nitrogen and oxygen atoms in total. The number of ether oxygens (including phenoxy) is 1. The predicted molar refractivity (Wildman–Crippen MR) is 65.1 cm³/mol. The number of alkyl halides is 6. The van der Waals surface area contributed by atoms with Gasteiger partial charge in [0.05, 0.1) is 18.3 Å². The summed E-state index contributed by atoms with van der Waals surface area (Å²) in [5.74, 6) is -0.290. The number of hydrogen-bond donors (Lipinski definition) is 2. The Morgan fingerprint density at radius 3 is 1.68 bits per heavy atom. The van der Waals surface area contributed by atoms with Crippen LogP contribution in [0.25, 0.3) is 0 Å². The molecule has 1 aliphatic rings. The normalized spacial score (nSPS) is 25.4. The Labute approximate surface area is 124 Å². The topological polar surface area (TPSA) is 49.7 Å². The van der Waals surface area contributed by atoms with Gasteiger partial charge >= 0.3 is 12.4 Å². The Hall–Kier alpha value is -0.540. The van der Waals surface area contributed by atoms with Gasteiger partial charge in [-0.2, -0.15) is 26.3 Å². The first kappa shape index (κ1) is 19.5. The average Bonchev–Trinajstić information content (AvgIpc) is 2.33. The molecule has 0 atom stereocenters. The molecule has 22 heavy (non-hydrogen) atoms. The maximum Gasteiger partial charge on any atom is 0.428 e. The number of hydrogen-bond acceptors (Lipinski definition) is 3. The van der Waals surface area contributed by atoms with Crippen LogP contribution in [-0.4, -0.2) is 46.5 Å². The van der Waals surface area contributed by atoms with Gasteiger partial charge in [0.1, 0.15) is 0 Å². The van der Waals surface area contributed by atoms with Crippen LogP contribution in [-0.2, 0) is 4.74 Å². The molecular formula is C13H20F6O3. The number of aliphatic hydroxyl groups is 2. The monoisotopic (exact) mass is 338 g/mol. The van der Waals surface area contributed by atoms with Crippen LogP contribution in [0.1, 0.15) is 39.5 Å². The molecule has 2 N–H and O–H groups in total. The van der Waals surface area contributed by atoms with E-state index in [2.05, 4.69) is 0 Å². The maximum absolute atomic E-state index is 12.6. The molecule has 0 aliphatic heterocycles. The molecule has 1 aliphatic carbocycles. The lowest BCUT2D eigenvalue weighted by atomic mass is 9.77. The number of aliphatic hydroxyl groups excluding tert-OH is 1. The van der Waals surface area contributed by atoms with Crippen molar-refractivity contribution < 1.29 is 41.3 Å². The molecule has 1 rings (SSSR count). The molecule has 0 saturated heterocycles. The maximum atomic E-state index is 12.6. The molecule has 0 aromatic heterocycles. The third-order valence-electron chi connectivity index (χ3n) is 4.27. The van der Waals surface area contributed by atoms with Gasteiger partial charge < -0.3 is 14.9 Å². The summed E-state index contributed by atoms with van der Waals surface area (Å²) in [5, 5.41) is 18.5. The summed E-state index contributed by atoms with van der Waals surface area (Å²) in [7, 11) is 0. The molecule has 0 amide bonds. The van der Waals surface area contributed by atoms with E-state index < -0.39 is 36.3 Å². The fraction of sp³-hybridized carbons (Fsp3) is 1.00. The second-order valence-corrected chi connectivity index (χ2v) is 6.25. The second-order valence-electron chi connectivity index (χ2n) is 6.25. The van der Waals surface area contributed by atoms with Crippen molar-refractivity contribution >= 4 is 0 Å². The van der Waals surface area contributed by atoms with Crippen LogP contribution < -0.4 is 0 Å². The number of rotatable bonds is 4. The lowest BCUT2D eigenvalue weighted by molar-refractivity contribution is -0.383. The van der Waals surface area contributed by atoms with E-state index in [-0.39, 0.29) is 5.92 Å². The summed E-state index contributed by atoms with van der Waals surface area (Å²) in [4.78, 5) is 0. The molecule has 1 fully saturated rings. The van der Waals surface area contributed by atoms with E-state index in [1.54, 1.807) is 0 Å². The van der Waals surface area contributed by atoms with Crippen molar-refractivity contribution in [1.82, 2.24) is 0 Å². The smallest absolute Gasteiger partial charge is 0.393 e. The van der Waals surface area contributed by atoms with E-state index in [0.29, 0.717) is 25.7 Å². The van der Waals surface area contributed by atoms with Gasteiger partial charge in [-0.15, -0.1) is 0 Å². The van der Waals surface area contributed by atoms with Crippen molar-refractivity contribution in [2.24, 2.45) is 5.92 Å². The van der Waals surface area contributed by atoms with Crippen molar-refractivity contribution in [3.63, 3.8) is 0 Å². The summed E-state index contributed by atoms with van der Waals surface area (Å²) >= 11 is 0. The zero-order valence-corrected chi connectivity index (χ0v) is 12.3. The van der Waals surface area contributed by atoms with Crippen LogP contribution in [0.3, 0.4) is 0 Å². The average molecular weight is 338 g/mol. The third-order valence-corrected chi connectivity index (χ3v) is 4.27. The number of halogens is 6. The minimum atomic E-state index is -5.88. The van der Waals surface area contributed by atoms with Crippen molar-refractivity contribution in [3.05, 3.63) is 0 Å². The van der Waals surface area contributed by atoms with Crippen molar-refractivity contribution in [3.8, 4) is 0 Å². The molecule has 0 unspecified atom stereocenters. The highest BCUT2D eigenvalue weighted by Gasteiger charge is 2.71. The molecule has 0 bridgehead atoms. The van der Waals surface area contributed by atoms with Crippen LogP contribution >= 0.6 is 0 Å². The zero-order chi connectivity index (χ0) is 17.4. The summed E-state index contributed by atoms with van der Waals surface area (Å²) in [5.41, 5.74) is -6.17. The van der Waals surface area contributed by atoms with E-state index in [1.807, 2.05) is 0 Å². The van der Waals surface area contributed by atoms with Crippen molar-refractivity contribution in [1.29, 1.82) is 0 Å². The highest BCUT2D eigenvalue weighted by molar-refractivity contribution is 4.95. The molecule has 0 radical (unpaired) electrons. The van der Waals surface area contributed by atoms with E-state index in [4.69, 9.17) is 9.84 Å². The van der Waals surface area contributed by atoms with Crippen LogP contribution in [0, 0.1) is 5.92 Å². The van der Waals surface area contributed by atoms with Crippen LogP contribution in [0.2, 0.25) is 0 Å². The molecule has 0 spiro atoms. The Balaban J connectivity index is 2.80. The van der Waals surface area contributed by atoms with Crippen molar-refractivity contribution in [2.45, 2.75) is 69.2 Å². The Morgan fingerprint density at radius 1 is 0.909 bits per heavy atom. The van der Waals surface area contributed by atoms with Gasteiger partial charge in [-0.3, -0.25) is 0 Å². The van der Waals surface area contributed by atoms with Gasteiger partial charge in [-0.1, -0.05) is 0 Å². The largest absolute Gasteiger partial charge is 0.428 e. The lowest BCUT2D eigenvalue weighted by Crippen LogP contribution is -2.61. The summed E-state index contributed by atoms with van der Waals surface area (Å²) in [6, 6.07) is 0. The lowest BCUT2D eigenvalue weighted by Gasteiger charge is -2.41. The molecule has 132 valence electrons. The molecule has 0 heterocycles.